The largest absolute Gasteiger partial charge is 0.497 e. The van der Waals surface area contributed by atoms with Crippen molar-refractivity contribution in [3.8, 4) is 5.75 Å². The number of nitrogens with zero attached hydrogens (tertiary/aromatic N) is 1. The molecule has 2 aromatic rings. The molecule has 5 heteroatoms. The van der Waals surface area contributed by atoms with Gasteiger partial charge in [0, 0.05) is 13.0 Å². The molecule has 0 saturated carbocycles. The van der Waals surface area contributed by atoms with Crippen LogP contribution >= 0.6 is 0 Å². The molecule has 2 aromatic carbocycles. The van der Waals surface area contributed by atoms with E-state index in [1.807, 2.05) is 42.5 Å². The van der Waals surface area contributed by atoms with Crippen LogP contribution in [0.2, 0.25) is 0 Å². The summed E-state index contributed by atoms with van der Waals surface area (Å²) in [5, 5.41) is 9.78. The number of amides is 1. The molecule has 0 aliphatic carbocycles. The topological polar surface area (TPSA) is 66.8 Å². The van der Waals surface area contributed by atoms with E-state index in [1.165, 1.54) is 4.90 Å². The van der Waals surface area contributed by atoms with Gasteiger partial charge in [-0.05, 0) is 23.3 Å². The molecule has 1 heterocycles. The zero-order valence-electron chi connectivity index (χ0n) is 13.4. The van der Waals surface area contributed by atoms with Gasteiger partial charge in [0.25, 0.3) is 0 Å². The van der Waals surface area contributed by atoms with Crippen LogP contribution in [0.4, 0.5) is 0 Å². The van der Waals surface area contributed by atoms with Crippen molar-refractivity contribution in [2.24, 2.45) is 0 Å². The van der Waals surface area contributed by atoms with E-state index in [0.29, 0.717) is 6.42 Å². The lowest BCUT2D eigenvalue weighted by atomic mass is 9.78. The van der Waals surface area contributed by atoms with E-state index in [0.717, 1.165) is 16.9 Å². The molecule has 24 heavy (non-hydrogen) atoms. The first-order valence-corrected chi connectivity index (χ1v) is 7.76. The maximum atomic E-state index is 12.1. The SMILES string of the molecule is COc1ccc(CN2C(=O)C[C@]2(Cc2ccccc2)C(=O)O)cc1. The summed E-state index contributed by atoms with van der Waals surface area (Å²) in [5.41, 5.74) is 0.618. The molecule has 1 amide bonds. The van der Waals surface area contributed by atoms with Crippen LogP contribution in [-0.4, -0.2) is 34.5 Å². The van der Waals surface area contributed by atoms with Gasteiger partial charge >= 0.3 is 5.97 Å². The zero-order chi connectivity index (χ0) is 17.2. The molecule has 1 fully saturated rings. The van der Waals surface area contributed by atoms with Gasteiger partial charge in [-0.3, -0.25) is 4.79 Å². The number of methoxy groups -OCH3 is 1. The summed E-state index contributed by atoms with van der Waals surface area (Å²) in [6.07, 6.45) is 0.346. The van der Waals surface area contributed by atoms with Crippen molar-refractivity contribution in [2.45, 2.75) is 24.9 Å². The van der Waals surface area contributed by atoms with Gasteiger partial charge < -0.3 is 14.7 Å². The van der Waals surface area contributed by atoms with E-state index in [2.05, 4.69) is 0 Å². The lowest BCUT2D eigenvalue weighted by molar-refractivity contribution is -0.177. The van der Waals surface area contributed by atoms with Crippen molar-refractivity contribution in [1.82, 2.24) is 4.90 Å². The molecule has 0 radical (unpaired) electrons. The molecule has 1 aliphatic heterocycles. The summed E-state index contributed by atoms with van der Waals surface area (Å²) < 4.78 is 5.12. The summed E-state index contributed by atoms with van der Waals surface area (Å²) in [6, 6.07) is 16.7. The van der Waals surface area contributed by atoms with Crippen LogP contribution in [0.5, 0.6) is 5.75 Å². The van der Waals surface area contributed by atoms with Gasteiger partial charge in [0.05, 0.1) is 13.5 Å². The van der Waals surface area contributed by atoms with Crippen molar-refractivity contribution < 1.29 is 19.4 Å². The van der Waals surface area contributed by atoms with Gasteiger partial charge in [-0.25, -0.2) is 4.79 Å². The number of hydrogen-bond donors (Lipinski definition) is 1. The second-order valence-electron chi connectivity index (χ2n) is 6.00. The third-order valence-corrected chi connectivity index (χ3v) is 4.50. The molecule has 5 nitrogen and oxygen atoms in total. The minimum absolute atomic E-state index is 0.0351. The quantitative estimate of drug-likeness (QED) is 0.829. The Labute approximate surface area is 140 Å². The normalized spacial score (nSPS) is 19.7. The van der Waals surface area contributed by atoms with Crippen LogP contribution in [-0.2, 0) is 22.6 Å². The first kappa shape index (κ1) is 16.1. The minimum Gasteiger partial charge on any atom is -0.497 e. The summed E-state index contributed by atoms with van der Waals surface area (Å²) in [6.45, 7) is 0.280. The van der Waals surface area contributed by atoms with E-state index in [-0.39, 0.29) is 18.9 Å². The number of likely N-dealkylation sites (tertiary alicyclic amines) is 1. The highest BCUT2D eigenvalue weighted by molar-refractivity contribution is 5.98. The van der Waals surface area contributed by atoms with Gasteiger partial charge in [0.15, 0.2) is 5.54 Å². The average Bonchev–Trinajstić information content (AvgIpc) is 2.60. The molecule has 124 valence electrons. The van der Waals surface area contributed by atoms with Crippen molar-refractivity contribution in [1.29, 1.82) is 0 Å². The molecule has 1 N–H and O–H groups in total. The van der Waals surface area contributed by atoms with Gasteiger partial charge in [0.2, 0.25) is 5.91 Å². The highest BCUT2D eigenvalue weighted by atomic mass is 16.5. The number of benzene rings is 2. The molecule has 1 saturated heterocycles. The Balaban J connectivity index is 1.83. The Morgan fingerprint density at radius 2 is 1.79 bits per heavy atom. The molecule has 1 aliphatic rings. The fraction of sp³-hybridized carbons (Fsp3) is 0.263. The van der Waals surface area contributed by atoms with Crippen LogP contribution in [0.3, 0.4) is 0 Å². The first-order valence-electron chi connectivity index (χ1n) is 7.76. The zero-order valence-corrected chi connectivity index (χ0v) is 13.4. The van der Waals surface area contributed by atoms with Crippen molar-refractivity contribution >= 4 is 11.9 Å². The predicted molar refractivity (Wildman–Crippen MR) is 88.7 cm³/mol. The second-order valence-corrected chi connectivity index (χ2v) is 6.00. The van der Waals surface area contributed by atoms with Crippen LogP contribution < -0.4 is 4.74 Å². The molecule has 0 bridgehead atoms. The summed E-state index contributed by atoms with van der Waals surface area (Å²) in [5.74, 6) is -0.369. The van der Waals surface area contributed by atoms with E-state index in [4.69, 9.17) is 4.74 Å². The number of aliphatic carboxylic acids is 1. The lowest BCUT2D eigenvalue weighted by Gasteiger charge is -2.49. The highest BCUT2D eigenvalue weighted by Gasteiger charge is 2.56. The molecular formula is C19H19NO4. The summed E-state index contributed by atoms with van der Waals surface area (Å²) in [4.78, 5) is 25.5. The van der Waals surface area contributed by atoms with Crippen LogP contribution in [0.1, 0.15) is 17.5 Å². The maximum absolute atomic E-state index is 12.1. The monoisotopic (exact) mass is 325 g/mol. The van der Waals surface area contributed by atoms with E-state index in [1.54, 1.807) is 19.2 Å². The summed E-state index contributed by atoms with van der Waals surface area (Å²) >= 11 is 0. The second kappa shape index (κ2) is 6.35. The van der Waals surface area contributed by atoms with Gasteiger partial charge in [-0.15, -0.1) is 0 Å². The Hall–Kier alpha value is -2.82. The van der Waals surface area contributed by atoms with Gasteiger partial charge in [-0.2, -0.15) is 0 Å². The van der Waals surface area contributed by atoms with Crippen LogP contribution in [0.15, 0.2) is 54.6 Å². The highest BCUT2D eigenvalue weighted by Crippen LogP contribution is 2.37. The fourth-order valence-electron chi connectivity index (χ4n) is 3.10. The average molecular weight is 325 g/mol. The molecule has 0 aromatic heterocycles. The lowest BCUT2D eigenvalue weighted by Crippen LogP contribution is -2.68. The Bertz CT molecular complexity index is 742. The Morgan fingerprint density at radius 1 is 1.12 bits per heavy atom. The minimum atomic E-state index is -1.17. The third-order valence-electron chi connectivity index (χ3n) is 4.50. The summed E-state index contributed by atoms with van der Waals surface area (Å²) in [7, 11) is 1.59. The number of carbonyl (C=O) groups is 2. The van der Waals surface area contributed by atoms with Gasteiger partial charge in [-0.1, -0.05) is 42.5 Å². The molecule has 0 spiro atoms. The van der Waals surface area contributed by atoms with E-state index >= 15 is 0 Å². The number of carboxylic acid groups (broad SMARTS) is 1. The number of β-lactam (4-membered cyclic amide) rings is 1. The number of carboxylic acids is 1. The molecule has 1 atom stereocenters. The first-order chi connectivity index (χ1) is 11.5. The Morgan fingerprint density at radius 3 is 2.33 bits per heavy atom. The third kappa shape index (κ3) is 2.85. The van der Waals surface area contributed by atoms with Crippen molar-refractivity contribution in [2.75, 3.05) is 7.11 Å². The predicted octanol–water partition coefficient (Wildman–Crippen LogP) is 2.49. The van der Waals surface area contributed by atoms with E-state index in [9.17, 15) is 14.7 Å². The van der Waals surface area contributed by atoms with Crippen molar-refractivity contribution in [3.05, 3.63) is 65.7 Å². The van der Waals surface area contributed by atoms with E-state index < -0.39 is 11.5 Å². The molecule has 0 unspecified atom stereocenters. The fourth-order valence-corrected chi connectivity index (χ4v) is 3.10. The number of hydrogen-bond acceptors (Lipinski definition) is 3. The van der Waals surface area contributed by atoms with Gasteiger partial charge in [0.1, 0.15) is 5.75 Å². The molecular weight excluding hydrogens is 306 g/mol. The standard InChI is InChI=1S/C19H19NO4/c1-24-16-9-7-15(8-10-16)13-20-17(21)12-19(20,18(22)23)11-14-5-3-2-4-6-14/h2-10H,11-13H2,1H3,(H,22,23)/t19-/m1/s1. The Kier molecular flexibility index (Phi) is 4.25. The van der Waals surface area contributed by atoms with Crippen LogP contribution in [0.25, 0.3) is 0 Å². The number of ether oxygens (including phenoxy) is 1. The van der Waals surface area contributed by atoms with Crippen molar-refractivity contribution in [3.63, 3.8) is 0 Å². The maximum Gasteiger partial charge on any atom is 0.330 e. The number of rotatable bonds is 6. The van der Waals surface area contributed by atoms with Crippen LogP contribution in [0, 0.1) is 0 Å². The number of carbonyl (C=O) groups excluding carboxylic acids is 1. The molecule has 3 rings (SSSR count). The smallest absolute Gasteiger partial charge is 0.330 e.